The van der Waals surface area contributed by atoms with Crippen LogP contribution in [0.15, 0.2) is 41.8 Å². The first kappa shape index (κ1) is 12.2. The number of nitrogens with zero attached hydrogens (tertiary/aromatic N) is 1. The summed E-state index contributed by atoms with van der Waals surface area (Å²) in [4.78, 5) is 3.91. The first-order valence-electron chi connectivity index (χ1n) is 6.13. The van der Waals surface area contributed by atoms with Crippen molar-refractivity contribution in [1.29, 1.82) is 0 Å². The topological polar surface area (TPSA) is 3.24 Å². The van der Waals surface area contributed by atoms with E-state index in [1.54, 1.807) is 0 Å². The van der Waals surface area contributed by atoms with Crippen molar-refractivity contribution < 1.29 is 0 Å². The predicted octanol–water partition coefficient (Wildman–Crippen LogP) is 4.13. The van der Waals surface area contributed by atoms with Crippen LogP contribution < -0.4 is 4.90 Å². The average molecular weight is 245 g/mol. The fourth-order valence-electron chi connectivity index (χ4n) is 1.99. The molecule has 0 saturated heterocycles. The highest BCUT2D eigenvalue weighted by Crippen LogP contribution is 2.17. The molecule has 0 atom stereocenters. The summed E-state index contributed by atoms with van der Waals surface area (Å²) in [6.07, 6.45) is 1.14. The standard InChI is InChI=1S/C15H19NS/c1-3-16(10-9-15-8-5-11-17-15)14-7-4-6-13(2)12-14/h4-8,11-12H,3,9-10H2,1-2H3. The summed E-state index contributed by atoms with van der Waals surface area (Å²) >= 11 is 1.85. The van der Waals surface area contributed by atoms with Gasteiger partial charge in [-0.1, -0.05) is 18.2 Å². The fourth-order valence-corrected chi connectivity index (χ4v) is 2.69. The van der Waals surface area contributed by atoms with Crippen molar-refractivity contribution in [1.82, 2.24) is 0 Å². The molecule has 0 aliphatic rings. The Morgan fingerprint density at radius 2 is 2.06 bits per heavy atom. The number of likely N-dealkylation sites (N-methyl/N-ethyl adjacent to an activating group) is 1. The van der Waals surface area contributed by atoms with Gasteiger partial charge in [-0.05, 0) is 49.4 Å². The molecule has 2 aromatic rings. The maximum atomic E-state index is 2.44. The maximum absolute atomic E-state index is 2.44. The van der Waals surface area contributed by atoms with E-state index in [4.69, 9.17) is 0 Å². The molecule has 2 rings (SSSR count). The highest BCUT2D eigenvalue weighted by molar-refractivity contribution is 7.09. The average Bonchev–Trinajstić information content (AvgIpc) is 2.83. The number of anilines is 1. The lowest BCUT2D eigenvalue weighted by Gasteiger charge is -2.23. The molecule has 0 bridgehead atoms. The van der Waals surface area contributed by atoms with Gasteiger partial charge < -0.3 is 4.90 Å². The van der Waals surface area contributed by atoms with Gasteiger partial charge >= 0.3 is 0 Å². The molecule has 0 saturated carbocycles. The van der Waals surface area contributed by atoms with Gasteiger partial charge in [0.1, 0.15) is 0 Å². The summed E-state index contributed by atoms with van der Waals surface area (Å²) in [6, 6.07) is 13.1. The minimum Gasteiger partial charge on any atom is -0.371 e. The van der Waals surface area contributed by atoms with Crippen molar-refractivity contribution in [3.63, 3.8) is 0 Å². The second kappa shape index (κ2) is 5.87. The van der Waals surface area contributed by atoms with Crippen LogP contribution in [0.5, 0.6) is 0 Å². The van der Waals surface area contributed by atoms with Crippen LogP contribution in [0, 0.1) is 6.92 Å². The van der Waals surface area contributed by atoms with Crippen LogP contribution in [-0.2, 0) is 6.42 Å². The molecule has 1 aromatic carbocycles. The Bertz CT molecular complexity index is 448. The maximum Gasteiger partial charge on any atom is 0.0368 e. The van der Waals surface area contributed by atoms with Gasteiger partial charge in [-0.3, -0.25) is 0 Å². The number of rotatable bonds is 5. The molecule has 0 aliphatic carbocycles. The van der Waals surface area contributed by atoms with E-state index in [0.717, 1.165) is 19.5 Å². The Hall–Kier alpha value is -1.28. The highest BCUT2D eigenvalue weighted by atomic mass is 32.1. The summed E-state index contributed by atoms with van der Waals surface area (Å²) in [6.45, 7) is 6.53. The molecule has 1 heterocycles. The molecule has 0 fully saturated rings. The molecular weight excluding hydrogens is 226 g/mol. The molecule has 2 heteroatoms. The number of thiophene rings is 1. The zero-order valence-corrected chi connectivity index (χ0v) is 11.3. The molecule has 1 nitrogen and oxygen atoms in total. The minimum absolute atomic E-state index is 1.06. The number of benzene rings is 1. The Morgan fingerprint density at radius 1 is 1.18 bits per heavy atom. The predicted molar refractivity (Wildman–Crippen MR) is 77.1 cm³/mol. The molecule has 1 aromatic heterocycles. The Morgan fingerprint density at radius 3 is 2.71 bits per heavy atom. The Kier molecular flexibility index (Phi) is 4.21. The lowest BCUT2D eigenvalue weighted by Crippen LogP contribution is -2.25. The van der Waals surface area contributed by atoms with Crippen LogP contribution in [0.4, 0.5) is 5.69 Å². The van der Waals surface area contributed by atoms with Crippen molar-refractivity contribution in [2.75, 3.05) is 18.0 Å². The van der Waals surface area contributed by atoms with Crippen LogP contribution in [0.1, 0.15) is 17.4 Å². The van der Waals surface area contributed by atoms with E-state index in [1.807, 2.05) is 11.3 Å². The third kappa shape index (κ3) is 3.34. The monoisotopic (exact) mass is 245 g/mol. The molecule has 0 unspecified atom stereocenters. The SMILES string of the molecule is CCN(CCc1cccs1)c1cccc(C)c1. The van der Waals surface area contributed by atoms with E-state index in [1.165, 1.54) is 16.1 Å². The van der Waals surface area contributed by atoms with E-state index in [-0.39, 0.29) is 0 Å². The number of hydrogen-bond donors (Lipinski definition) is 0. The molecular formula is C15H19NS. The van der Waals surface area contributed by atoms with E-state index in [0.29, 0.717) is 0 Å². The molecule has 0 spiro atoms. The van der Waals surface area contributed by atoms with Gasteiger partial charge in [-0.25, -0.2) is 0 Å². The van der Waals surface area contributed by atoms with Crippen LogP contribution >= 0.6 is 11.3 Å². The van der Waals surface area contributed by atoms with Crippen LogP contribution in [0.3, 0.4) is 0 Å². The molecule has 0 amide bonds. The highest BCUT2D eigenvalue weighted by Gasteiger charge is 2.04. The Labute approximate surface area is 108 Å². The first-order chi connectivity index (χ1) is 8.29. The molecule has 0 radical (unpaired) electrons. The van der Waals surface area contributed by atoms with Crippen LogP contribution in [-0.4, -0.2) is 13.1 Å². The van der Waals surface area contributed by atoms with Gasteiger partial charge in [-0.2, -0.15) is 0 Å². The normalized spacial score (nSPS) is 10.5. The zero-order valence-electron chi connectivity index (χ0n) is 10.5. The van der Waals surface area contributed by atoms with Gasteiger partial charge in [0.25, 0.3) is 0 Å². The van der Waals surface area contributed by atoms with Crippen LogP contribution in [0.2, 0.25) is 0 Å². The summed E-state index contributed by atoms with van der Waals surface area (Å²) in [5.74, 6) is 0. The Balaban J connectivity index is 2.01. The van der Waals surface area contributed by atoms with Gasteiger partial charge in [0.2, 0.25) is 0 Å². The largest absolute Gasteiger partial charge is 0.371 e. The van der Waals surface area contributed by atoms with Crippen molar-refractivity contribution in [2.24, 2.45) is 0 Å². The molecule has 17 heavy (non-hydrogen) atoms. The zero-order chi connectivity index (χ0) is 12.1. The second-order valence-corrected chi connectivity index (χ2v) is 5.28. The second-order valence-electron chi connectivity index (χ2n) is 4.25. The van der Waals surface area contributed by atoms with Crippen molar-refractivity contribution >= 4 is 17.0 Å². The van der Waals surface area contributed by atoms with Gasteiger partial charge in [0.05, 0.1) is 0 Å². The lowest BCUT2D eigenvalue weighted by atomic mass is 10.2. The third-order valence-corrected chi connectivity index (χ3v) is 3.89. The number of hydrogen-bond acceptors (Lipinski definition) is 2. The minimum atomic E-state index is 1.06. The lowest BCUT2D eigenvalue weighted by molar-refractivity contribution is 0.815. The van der Waals surface area contributed by atoms with E-state index in [2.05, 4.69) is 60.5 Å². The van der Waals surface area contributed by atoms with Gasteiger partial charge in [0, 0.05) is 23.7 Å². The van der Waals surface area contributed by atoms with Crippen molar-refractivity contribution in [3.8, 4) is 0 Å². The summed E-state index contributed by atoms with van der Waals surface area (Å²) in [5, 5.41) is 2.15. The quantitative estimate of drug-likeness (QED) is 0.765. The fraction of sp³-hybridized carbons (Fsp3) is 0.333. The van der Waals surface area contributed by atoms with E-state index in [9.17, 15) is 0 Å². The summed E-state index contributed by atoms with van der Waals surface area (Å²) < 4.78 is 0. The first-order valence-corrected chi connectivity index (χ1v) is 7.01. The van der Waals surface area contributed by atoms with Crippen molar-refractivity contribution in [2.45, 2.75) is 20.3 Å². The number of aryl methyl sites for hydroxylation is 1. The smallest absolute Gasteiger partial charge is 0.0368 e. The van der Waals surface area contributed by atoms with Gasteiger partial charge in [0.15, 0.2) is 0 Å². The van der Waals surface area contributed by atoms with Crippen LogP contribution in [0.25, 0.3) is 0 Å². The van der Waals surface area contributed by atoms with E-state index < -0.39 is 0 Å². The molecule has 90 valence electrons. The van der Waals surface area contributed by atoms with Crippen molar-refractivity contribution in [3.05, 3.63) is 52.2 Å². The van der Waals surface area contributed by atoms with Gasteiger partial charge in [-0.15, -0.1) is 11.3 Å². The molecule has 0 N–H and O–H groups in total. The molecule has 0 aliphatic heterocycles. The third-order valence-electron chi connectivity index (χ3n) is 2.96. The summed E-state index contributed by atoms with van der Waals surface area (Å²) in [5.41, 5.74) is 2.67. The van der Waals surface area contributed by atoms with E-state index >= 15 is 0 Å². The summed E-state index contributed by atoms with van der Waals surface area (Å²) in [7, 11) is 0.